The normalized spacial score (nSPS) is 10.5. The zero-order valence-electron chi connectivity index (χ0n) is 11.7. The summed E-state index contributed by atoms with van der Waals surface area (Å²) in [7, 11) is 0. The van der Waals surface area contributed by atoms with E-state index >= 15 is 0 Å². The average molecular weight is 293 g/mol. The summed E-state index contributed by atoms with van der Waals surface area (Å²) in [6, 6.07) is 7.35. The van der Waals surface area contributed by atoms with Gasteiger partial charge in [-0.1, -0.05) is 6.07 Å². The van der Waals surface area contributed by atoms with Crippen LogP contribution in [-0.4, -0.2) is 12.5 Å². The summed E-state index contributed by atoms with van der Waals surface area (Å²) in [5.41, 5.74) is 0.814. The Labute approximate surface area is 120 Å². The van der Waals surface area contributed by atoms with Crippen LogP contribution in [0.15, 0.2) is 36.4 Å². The molecule has 0 saturated carbocycles. The number of carbonyl (C=O) groups is 1. The second kappa shape index (κ2) is 5.99. The number of rotatable bonds is 3. The summed E-state index contributed by atoms with van der Waals surface area (Å²) in [5, 5.41) is 0. The molecule has 0 aromatic heterocycles. The Morgan fingerprint density at radius 3 is 2.29 bits per heavy atom. The fourth-order valence-electron chi connectivity index (χ4n) is 1.98. The molecule has 1 amide bonds. The minimum absolute atomic E-state index is 0.157. The molecule has 0 aliphatic rings. The van der Waals surface area contributed by atoms with Gasteiger partial charge in [-0.05, 0) is 43.7 Å². The van der Waals surface area contributed by atoms with Crippen molar-refractivity contribution in [2.75, 3.05) is 11.4 Å². The number of hydrogen-bond acceptors (Lipinski definition) is 1. The fourth-order valence-corrected chi connectivity index (χ4v) is 1.98. The fraction of sp³-hybridized carbons (Fsp3) is 0.188. The number of amides is 1. The van der Waals surface area contributed by atoms with Crippen LogP contribution >= 0.6 is 0 Å². The van der Waals surface area contributed by atoms with Crippen LogP contribution in [0, 0.1) is 24.4 Å². The third-order valence-corrected chi connectivity index (χ3v) is 3.20. The second-order valence-corrected chi connectivity index (χ2v) is 4.61. The summed E-state index contributed by atoms with van der Waals surface area (Å²) in [6.07, 6.45) is 0. The van der Waals surface area contributed by atoms with E-state index in [4.69, 9.17) is 0 Å². The molecule has 0 fully saturated rings. The van der Waals surface area contributed by atoms with E-state index in [2.05, 4.69) is 0 Å². The van der Waals surface area contributed by atoms with Crippen LogP contribution in [0.1, 0.15) is 22.8 Å². The minimum atomic E-state index is -1.03. The van der Waals surface area contributed by atoms with Crippen molar-refractivity contribution in [2.24, 2.45) is 0 Å². The molecule has 0 radical (unpaired) electrons. The van der Waals surface area contributed by atoms with Gasteiger partial charge in [-0.25, -0.2) is 13.2 Å². The Morgan fingerprint density at radius 1 is 1.00 bits per heavy atom. The molecule has 0 aliphatic carbocycles. The second-order valence-electron chi connectivity index (χ2n) is 4.61. The van der Waals surface area contributed by atoms with Gasteiger partial charge in [0.15, 0.2) is 11.6 Å². The predicted octanol–water partition coefficient (Wildman–Crippen LogP) is 4.08. The molecule has 0 heterocycles. The van der Waals surface area contributed by atoms with E-state index in [9.17, 15) is 18.0 Å². The molecule has 2 nitrogen and oxygen atoms in total. The molecule has 0 aliphatic heterocycles. The van der Waals surface area contributed by atoms with Crippen LogP contribution in [0.3, 0.4) is 0 Å². The molecule has 2 aromatic rings. The van der Waals surface area contributed by atoms with E-state index in [1.807, 2.05) is 0 Å². The quantitative estimate of drug-likeness (QED) is 0.835. The van der Waals surface area contributed by atoms with Gasteiger partial charge in [0.1, 0.15) is 5.82 Å². The first-order valence-corrected chi connectivity index (χ1v) is 6.47. The lowest BCUT2D eigenvalue weighted by atomic mass is 10.1. The number of benzene rings is 2. The van der Waals surface area contributed by atoms with Crippen molar-refractivity contribution >= 4 is 11.6 Å². The third kappa shape index (κ3) is 3.07. The van der Waals surface area contributed by atoms with Crippen molar-refractivity contribution < 1.29 is 18.0 Å². The van der Waals surface area contributed by atoms with E-state index < -0.39 is 23.4 Å². The molecule has 0 saturated heterocycles. The predicted molar refractivity (Wildman–Crippen MR) is 74.8 cm³/mol. The Bertz CT molecular complexity index is 685. The molecule has 0 unspecified atom stereocenters. The first-order chi connectivity index (χ1) is 9.93. The van der Waals surface area contributed by atoms with Crippen molar-refractivity contribution in [1.29, 1.82) is 0 Å². The molecule has 0 N–H and O–H groups in total. The van der Waals surface area contributed by atoms with E-state index in [0.717, 1.165) is 18.2 Å². The number of halogens is 3. The maximum absolute atomic E-state index is 13.5. The van der Waals surface area contributed by atoms with Crippen LogP contribution in [0.25, 0.3) is 0 Å². The maximum Gasteiger partial charge on any atom is 0.258 e. The Balaban J connectivity index is 2.37. The first-order valence-electron chi connectivity index (χ1n) is 6.47. The number of nitrogens with zero attached hydrogens (tertiary/aromatic N) is 1. The van der Waals surface area contributed by atoms with Gasteiger partial charge in [0.25, 0.3) is 5.91 Å². The number of aryl methyl sites for hydroxylation is 1. The summed E-state index contributed by atoms with van der Waals surface area (Å²) in [5.74, 6) is -2.97. The zero-order chi connectivity index (χ0) is 15.6. The van der Waals surface area contributed by atoms with E-state index in [1.54, 1.807) is 13.8 Å². The van der Waals surface area contributed by atoms with Gasteiger partial charge in [-0.2, -0.15) is 0 Å². The highest BCUT2D eigenvalue weighted by atomic mass is 19.2. The van der Waals surface area contributed by atoms with Gasteiger partial charge in [-0.3, -0.25) is 4.79 Å². The lowest BCUT2D eigenvalue weighted by Crippen LogP contribution is -2.30. The number of hydrogen-bond donors (Lipinski definition) is 0. The highest BCUT2D eigenvalue weighted by molar-refractivity contribution is 6.06. The zero-order valence-corrected chi connectivity index (χ0v) is 11.7. The summed E-state index contributed by atoms with van der Waals surface area (Å²) in [6.45, 7) is 3.54. The minimum Gasteiger partial charge on any atom is -0.309 e. The molecule has 2 aromatic carbocycles. The van der Waals surface area contributed by atoms with Gasteiger partial charge in [0.2, 0.25) is 0 Å². The molecule has 2 rings (SSSR count). The lowest BCUT2D eigenvalue weighted by Gasteiger charge is -2.21. The number of carbonyl (C=O) groups excluding carboxylic acids is 1. The summed E-state index contributed by atoms with van der Waals surface area (Å²) in [4.78, 5) is 13.6. The molecule has 0 spiro atoms. The van der Waals surface area contributed by atoms with E-state index in [0.29, 0.717) is 5.56 Å². The molecule has 21 heavy (non-hydrogen) atoms. The van der Waals surface area contributed by atoms with E-state index in [1.165, 1.54) is 23.1 Å². The van der Waals surface area contributed by atoms with Gasteiger partial charge >= 0.3 is 0 Å². The monoisotopic (exact) mass is 293 g/mol. The Kier molecular flexibility index (Phi) is 4.31. The van der Waals surface area contributed by atoms with Crippen LogP contribution in [0.2, 0.25) is 0 Å². The molecule has 110 valence electrons. The van der Waals surface area contributed by atoms with Crippen LogP contribution in [0.4, 0.5) is 18.9 Å². The molecule has 0 bridgehead atoms. The van der Waals surface area contributed by atoms with E-state index in [-0.39, 0.29) is 17.8 Å². The smallest absolute Gasteiger partial charge is 0.258 e. The van der Waals surface area contributed by atoms with Gasteiger partial charge < -0.3 is 4.90 Å². The Hall–Kier alpha value is -2.30. The van der Waals surface area contributed by atoms with Crippen molar-refractivity contribution in [3.8, 4) is 0 Å². The third-order valence-electron chi connectivity index (χ3n) is 3.20. The molecule has 5 heteroatoms. The summed E-state index contributed by atoms with van der Waals surface area (Å²) < 4.78 is 39.8. The lowest BCUT2D eigenvalue weighted by molar-refractivity contribution is 0.0988. The van der Waals surface area contributed by atoms with Gasteiger partial charge in [0.05, 0.1) is 0 Å². The van der Waals surface area contributed by atoms with Crippen LogP contribution < -0.4 is 4.90 Å². The first kappa shape index (κ1) is 15.1. The van der Waals surface area contributed by atoms with Gasteiger partial charge in [-0.15, -0.1) is 0 Å². The highest BCUT2D eigenvalue weighted by Crippen LogP contribution is 2.21. The highest BCUT2D eigenvalue weighted by Gasteiger charge is 2.18. The van der Waals surface area contributed by atoms with Gasteiger partial charge in [0, 0.05) is 23.9 Å². The van der Waals surface area contributed by atoms with Crippen molar-refractivity contribution in [2.45, 2.75) is 13.8 Å². The largest absolute Gasteiger partial charge is 0.309 e. The van der Waals surface area contributed by atoms with Crippen LogP contribution in [-0.2, 0) is 0 Å². The van der Waals surface area contributed by atoms with Crippen molar-refractivity contribution in [1.82, 2.24) is 0 Å². The number of anilines is 1. The Morgan fingerprint density at radius 2 is 1.71 bits per heavy atom. The standard InChI is InChI=1S/C16H14F3NO/c1-3-20(12-6-7-13(17)15(19)9-12)16(21)11-5-4-10(2)14(18)8-11/h4-9H,3H2,1-2H3. The molecular formula is C16H14F3NO. The molecular weight excluding hydrogens is 279 g/mol. The van der Waals surface area contributed by atoms with Crippen molar-refractivity contribution in [3.63, 3.8) is 0 Å². The maximum atomic E-state index is 13.5. The van der Waals surface area contributed by atoms with Crippen molar-refractivity contribution in [3.05, 3.63) is 65.0 Å². The topological polar surface area (TPSA) is 20.3 Å². The SMILES string of the molecule is CCN(C(=O)c1ccc(C)c(F)c1)c1ccc(F)c(F)c1. The average Bonchev–Trinajstić information content (AvgIpc) is 2.46. The summed E-state index contributed by atoms with van der Waals surface area (Å²) >= 11 is 0. The molecule has 0 atom stereocenters. The van der Waals surface area contributed by atoms with Crippen LogP contribution in [0.5, 0.6) is 0 Å².